The predicted octanol–water partition coefficient (Wildman–Crippen LogP) is 6.70. The minimum atomic E-state index is -0.208. The van der Waals surface area contributed by atoms with Crippen molar-refractivity contribution in [1.82, 2.24) is 9.88 Å². The van der Waals surface area contributed by atoms with E-state index in [4.69, 9.17) is 9.47 Å². The third kappa shape index (κ3) is 4.23. The number of nitrogens with zero attached hydrogens (tertiary/aromatic N) is 2. The zero-order valence-electron chi connectivity index (χ0n) is 22.0. The molecule has 3 aromatic rings. The van der Waals surface area contributed by atoms with E-state index in [9.17, 15) is 0 Å². The Kier molecular flexibility index (Phi) is 6.35. The maximum absolute atomic E-state index is 7.05. The van der Waals surface area contributed by atoms with Crippen LogP contribution in [0.2, 0.25) is 0 Å². The summed E-state index contributed by atoms with van der Waals surface area (Å²) in [5.41, 5.74) is 8.56. The molecule has 35 heavy (non-hydrogen) atoms. The number of aromatic nitrogens is 1. The minimum Gasteiger partial charge on any atom is -0.488 e. The Balaban J connectivity index is 1.61. The molecule has 3 heterocycles. The van der Waals surface area contributed by atoms with Gasteiger partial charge in [-0.15, -0.1) is 0 Å². The summed E-state index contributed by atoms with van der Waals surface area (Å²) in [6, 6.07) is 13.3. The number of rotatable bonds is 5. The molecule has 1 unspecified atom stereocenters. The summed E-state index contributed by atoms with van der Waals surface area (Å²) in [6.45, 7) is 13.7. The summed E-state index contributed by atoms with van der Waals surface area (Å²) in [5.74, 6) is 2.80. The Morgan fingerprint density at radius 3 is 2.26 bits per heavy atom. The normalized spacial score (nSPS) is 19.1. The maximum Gasteiger partial charge on any atom is 0.127 e. The first-order valence-corrected chi connectivity index (χ1v) is 12.9. The molecular formula is C31H38N2O2. The van der Waals surface area contributed by atoms with Gasteiger partial charge in [-0.25, -0.2) is 0 Å². The second-order valence-corrected chi connectivity index (χ2v) is 10.8. The SMILES string of the molecule is Cc1c(C)c2c(c(C)c1OCc1ccncc1)C(c1ccc(C(C)C)cc1)C1(CCN(C)CC1)O2. The number of benzene rings is 2. The van der Waals surface area contributed by atoms with Crippen molar-refractivity contribution in [3.8, 4) is 11.5 Å². The van der Waals surface area contributed by atoms with Crippen LogP contribution < -0.4 is 9.47 Å². The summed E-state index contributed by atoms with van der Waals surface area (Å²) in [6.07, 6.45) is 5.70. The van der Waals surface area contributed by atoms with Crippen LogP contribution in [0.4, 0.5) is 0 Å². The first kappa shape index (κ1) is 23.9. The zero-order valence-corrected chi connectivity index (χ0v) is 22.0. The van der Waals surface area contributed by atoms with Crippen LogP contribution in [-0.4, -0.2) is 35.6 Å². The van der Waals surface area contributed by atoms with Gasteiger partial charge in [0.15, 0.2) is 0 Å². The second kappa shape index (κ2) is 9.31. The van der Waals surface area contributed by atoms with Crippen LogP contribution in [0.1, 0.15) is 77.5 Å². The number of pyridine rings is 1. The molecule has 0 radical (unpaired) electrons. The molecule has 0 aliphatic carbocycles. The summed E-state index contributed by atoms with van der Waals surface area (Å²) in [4.78, 5) is 6.56. The van der Waals surface area contributed by atoms with Gasteiger partial charge in [-0.1, -0.05) is 38.1 Å². The minimum absolute atomic E-state index is 0.204. The van der Waals surface area contributed by atoms with Crippen molar-refractivity contribution < 1.29 is 9.47 Å². The van der Waals surface area contributed by atoms with Crippen LogP contribution in [-0.2, 0) is 6.61 Å². The van der Waals surface area contributed by atoms with Crippen LogP contribution in [0, 0.1) is 20.8 Å². The molecule has 0 N–H and O–H groups in total. The monoisotopic (exact) mass is 470 g/mol. The molecule has 2 aromatic carbocycles. The first-order chi connectivity index (χ1) is 16.8. The highest BCUT2D eigenvalue weighted by atomic mass is 16.5. The first-order valence-electron chi connectivity index (χ1n) is 12.9. The fourth-order valence-electron chi connectivity index (χ4n) is 5.90. The van der Waals surface area contributed by atoms with Crippen molar-refractivity contribution in [3.63, 3.8) is 0 Å². The fourth-order valence-corrected chi connectivity index (χ4v) is 5.90. The van der Waals surface area contributed by atoms with E-state index in [1.54, 1.807) is 0 Å². The average Bonchev–Trinajstić information content (AvgIpc) is 3.20. The van der Waals surface area contributed by atoms with Gasteiger partial charge in [-0.05, 0) is 79.3 Å². The summed E-state index contributed by atoms with van der Waals surface area (Å²) in [7, 11) is 2.22. The van der Waals surface area contributed by atoms with E-state index >= 15 is 0 Å². The lowest BCUT2D eigenvalue weighted by molar-refractivity contribution is 0.0145. The molecule has 0 bridgehead atoms. The molecular weight excluding hydrogens is 432 g/mol. The van der Waals surface area contributed by atoms with Gasteiger partial charge in [0.05, 0.1) is 5.92 Å². The van der Waals surface area contributed by atoms with Crippen LogP contribution in [0.5, 0.6) is 11.5 Å². The largest absolute Gasteiger partial charge is 0.488 e. The Morgan fingerprint density at radius 2 is 1.63 bits per heavy atom. The fraction of sp³-hybridized carbons (Fsp3) is 0.452. The lowest BCUT2D eigenvalue weighted by atomic mass is 9.72. The molecule has 2 aliphatic rings. The molecule has 2 aliphatic heterocycles. The van der Waals surface area contributed by atoms with Gasteiger partial charge in [0.25, 0.3) is 0 Å². The van der Waals surface area contributed by atoms with E-state index in [1.165, 1.54) is 33.4 Å². The Hall–Kier alpha value is -2.85. The van der Waals surface area contributed by atoms with E-state index < -0.39 is 0 Å². The summed E-state index contributed by atoms with van der Waals surface area (Å²) in [5, 5.41) is 0. The highest BCUT2D eigenvalue weighted by Gasteiger charge is 2.52. The van der Waals surface area contributed by atoms with E-state index in [1.807, 2.05) is 24.5 Å². The third-order valence-corrected chi connectivity index (χ3v) is 8.26. The van der Waals surface area contributed by atoms with Crippen LogP contribution in [0.25, 0.3) is 0 Å². The van der Waals surface area contributed by atoms with Crippen molar-refractivity contribution >= 4 is 0 Å². The molecule has 184 valence electrons. The molecule has 4 heteroatoms. The Morgan fingerprint density at radius 1 is 0.971 bits per heavy atom. The number of hydrogen-bond donors (Lipinski definition) is 0. The standard InChI is InChI=1S/C31H38N2O2/c1-20(2)25-7-9-26(10-8-25)28-27-23(5)29(34-19-24-11-15-32-16-12-24)21(3)22(4)30(27)35-31(28)13-17-33(6)18-14-31/h7-12,15-16,20,28H,13-14,17-19H2,1-6H3. The molecule has 1 spiro atoms. The molecule has 5 rings (SSSR count). The molecule has 1 saturated heterocycles. The Labute approximate surface area is 210 Å². The highest BCUT2D eigenvalue weighted by Crippen LogP contribution is 2.57. The van der Waals surface area contributed by atoms with Gasteiger partial charge in [-0.3, -0.25) is 4.98 Å². The topological polar surface area (TPSA) is 34.6 Å². The van der Waals surface area contributed by atoms with Gasteiger partial charge in [-0.2, -0.15) is 0 Å². The third-order valence-electron chi connectivity index (χ3n) is 8.26. The van der Waals surface area contributed by atoms with Gasteiger partial charge in [0, 0.05) is 43.9 Å². The van der Waals surface area contributed by atoms with Crippen molar-refractivity contribution in [3.05, 3.63) is 87.7 Å². The Bertz CT molecular complexity index is 1190. The number of hydrogen-bond acceptors (Lipinski definition) is 4. The molecule has 1 aromatic heterocycles. The van der Waals surface area contributed by atoms with Crippen LogP contribution >= 0.6 is 0 Å². The summed E-state index contributed by atoms with van der Waals surface area (Å²) < 4.78 is 13.5. The van der Waals surface area contributed by atoms with Crippen molar-refractivity contribution in [1.29, 1.82) is 0 Å². The van der Waals surface area contributed by atoms with Gasteiger partial charge in [0.2, 0.25) is 0 Å². The zero-order chi connectivity index (χ0) is 24.7. The van der Waals surface area contributed by atoms with Crippen molar-refractivity contribution in [2.75, 3.05) is 20.1 Å². The van der Waals surface area contributed by atoms with Crippen molar-refractivity contribution in [2.45, 2.75) is 71.5 Å². The smallest absolute Gasteiger partial charge is 0.127 e. The molecule has 0 amide bonds. The van der Waals surface area contributed by atoms with E-state index in [0.717, 1.165) is 43.0 Å². The van der Waals surface area contributed by atoms with Gasteiger partial charge in [0.1, 0.15) is 23.7 Å². The molecule has 1 fully saturated rings. The number of likely N-dealkylation sites (tertiary alicyclic amines) is 1. The van der Waals surface area contributed by atoms with E-state index in [2.05, 4.69) is 75.8 Å². The molecule has 1 atom stereocenters. The van der Waals surface area contributed by atoms with Gasteiger partial charge < -0.3 is 14.4 Å². The highest BCUT2D eigenvalue weighted by molar-refractivity contribution is 5.64. The molecule has 4 nitrogen and oxygen atoms in total. The number of piperidine rings is 1. The summed E-state index contributed by atoms with van der Waals surface area (Å²) >= 11 is 0. The number of fused-ring (bicyclic) bond motifs is 1. The van der Waals surface area contributed by atoms with E-state index in [0.29, 0.717) is 12.5 Å². The average molecular weight is 471 g/mol. The maximum atomic E-state index is 7.05. The lowest BCUT2D eigenvalue weighted by Crippen LogP contribution is -2.48. The van der Waals surface area contributed by atoms with Gasteiger partial charge >= 0.3 is 0 Å². The number of ether oxygens (including phenoxy) is 2. The van der Waals surface area contributed by atoms with Crippen LogP contribution in [0.15, 0.2) is 48.8 Å². The van der Waals surface area contributed by atoms with Crippen molar-refractivity contribution in [2.24, 2.45) is 0 Å². The quantitative estimate of drug-likeness (QED) is 0.416. The second-order valence-electron chi connectivity index (χ2n) is 10.8. The lowest BCUT2D eigenvalue weighted by Gasteiger charge is -2.41. The van der Waals surface area contributed by atoms with E-state index in [-0.39, 0.29) is 11.5 Å². The van der Waals surface area contributed by atoms with Crippen LogP contribution in [0.3, 0.4) is 0 Å². The predicted molar refractivity (Wildman–Crippen MR) is 142 cm³/mol. The molecule has 0 saturated carbocycles.